The van der Waals surface area contributed by atoms with Crippen molar-refractivity contribution >= 4 is 10.0 Å². The van der Waals surface area contributed by atoms with E-state index in [2.05, 4.69) is 17.0 Å². The molecule has 0 radical (unpaired) electrons. The Kier molecular flexibility index (Phi) is 4.33. The first-order valence-corrected chi connectivity index (χ1v) is 9.30. The third-order valence-corrected chi connectivity index (χ3v) is 6.43. The molecule has 118 valence electrons. The second-order valence-corrected chi connectivity index (χ2v) is 8.10. The van der Waals surface area contributed by atoms with E-state index >= 15 is 0 Å². The Hall–Kier alpha value is -0.920. The van der Waals surface area contributed by atoms with Crippen LogP contribution >= 0.6 is 0 Å². The maximum absolute atomic E-state index is 12.5. The van der Waals surface area contributed by atoms with Gasteiger partial charge in [-0.15, -0.1) is 0 Å². The predicted octanol–water partition coefficient (Wildman–Crippen LogP) is 1.45. The summed E-state index contributed by atoms with van der Waals surface area (Å²) in [6.07, 6.45) is 6.54. The summed E-state index contributed by atoms with van der Waals surface area (Å²) >= 11 is 0. The molecule has 1 aliphatic carbocycles. The summed E-state index contributed by atoms with van der Waals surface area (Å²) in [5.74, 6) is -0.0698. The number of hydrogen-bond acceptors (Lipinski definition) is 5. The Morgan fingerprint density at radius 2 is 2.10 bits per heavy atom. The Bertz CT molecular complexity index is 552. The maximum Gasteiger partial charge on any atom is 0.220 e. The average Bonchev–Trinajstić information content (AvgIpc) is 3.11. The van der Waals surface area contributed by atoms with Gasteiger partial charge in [0.25, 0.3) is 0 Å². The Morgan fingerprint density at radius 1 is 1.33 bits per heavy atom. The van der Waals surface area contributed by atoms with E-state index in [1.54, 1.807) is 10.4 Å². The number of nitrogens with zero attached hydrogens (tertiary/aromatic N) is 3. The third-order valence-electron chi connectivity index (χ3n) is 4.65. The van der Waals surface area contributed by atoms with Crippen molar-refractivity contribution in [3.8, 4) is 0 Å². The molecule has 21 heavy (non-hydrogen) atoms. The molecule has 1 unspecified atom stereocenters. The zero-order chi connectivity index (χ0) is 14.9. The molecule has 1 atom stereocenters. The highest BCUT2D eigenvalue weighted by Crippen LogP contribution is 2.27. The molecule has 0 bridgehead atoms. The fourth-order valence-corrected chi connectivity index (χ4v) is 5.07. The SMILES string of the molecule is CC1CN(S(=O)(=O)Cc2ccon2)CCN1C1CCCC1. The molecule has 1 aliphatic heterocycles. The van der Waals surface area contributed by atoms with Gasteiger partial charge in [0.15, 0.2) is 0 Å². The van der Waals surface area contributed by atoms with Crippen molar-refractivity contribution in [3.63, 3.8) is 0 Å². The van der Waals surface area contributed by atoms with Crippen molar-refractivity contribution in [2.75, 3.05) is 19.6 Å². The van der Waals surface area contributed by atoms with E-state index in [9.17, 15) is 8.42 Å². The predicted molar refractivity (Wildman–Crippen MR) is 79.1 cm³/mol. The van der Waals surface area contributed by atoms with Crippen LogP contribution in [0.25, 0.3) is 0 Å². The number of rotatable bonds is 4. The molecule has 1 aromatic heterocycles. The smallest absolute Gasteiger partial charge is 0.220 e. The quantitative estimate of drug-likeness (QED) is 0.842. The van der Waals surface area contributed by atoms with Gasteiger partial charge in [0.2, 0.25) is 10.0 Å². The van der Waals surface area contributed by atoms with E-state index < -0.39 is 10.0 Å². The normalized spacial score (nSPS) is 26.4. The van der Waals surface area contributed by atoms with Crippen molar-refractivity contribution in [1.29, 1.82) is 0 Å². The second-order valence-electron chi connectivity index (χ2n) is 6.13. The van der Waals surface area contributed by atoms with Gasteiger partial charge >= 0.3 is 0 Å². The largest absolute Gasteiger partial charge is 0.364 e. The Balaban J connectivity index is 1.63. The molecular formula is C14H23N3O3S. The summed E-state index contributed by atoms with van der Waals surface area (Å²) in [5.41, 5.74) is 0.473. The molecule has 0 N–H and O–H groups in total. The molecule has 7 heteroatoms. The maximum atomic E-state index is 12.5. The molecule has 1 saturated carbocycles. The Morgan fingerprint density at radius 3 is 2.71 bits per heavy atom. The second kappa shape index (κ2) is 6.06. The lowest BCUT2D eigenvalue weighted by Crippen LogP contribution is -2.56. The monoisotopic (exact) mass is 313 g/mol. The van der Waals surface area contributed by atoms with Gasteiger partial charge < -0.3 is 4.52 Å². The standard InChI is InChI=1S/C14H23N3O3S/c1-12-10-16(7-8-17(12)14-4-2-3-5-14)21(18,19)11-13-6-9-20-15-13/h6,9,12,14H,2-5,7-8,10-11H2,1H3. The zero-order valence-corrected chi connectivity index (χ0v) is 13.3. The van der Waals surface area contributed by atoms with Crippen LogP contribution < -0.4 is 0 Å². The van der Waals surface area contributed by atoms with E-state index in [0.717, 1.165) is 6.54 Å². The molecular weight excluding hydrogens is 290 g/mol. The van der Waals surface area contributed by atoms with Crippen LogP contribution in [0.2, 0.25) is 0 Å². The van der Waals surface area contributed by atoms with Gasteiger partial charge in [0.05, 0.1) is 5.69 Å². The molecule has 2 heterocycles. The lowest BCUT2D eigenvalue weighted by atomic mass is 10.1. The third kappa shape index (κ3) is 3.30. The molecule has 0 aromatic carbocycles. The van der Waals surface area contributed by atoms with Crippen LogP contribution in [0.15, 0.2) is 16.9 Å². The first-order valence-electron chi connectivity index (χ1n) is 7.69. The van der Waals surface area contributed by atoms with Gasteiger partial charge in [-0.05, 0) is 19.8 Å². The minimum Gasteiger partial charge on any atom is -0.364 e. The Labute approximate surface area is 126 Å². The minimum absolute atomic E-state index is 0.0698. The van der Waals surface area contributed by atoms with Crippen molar-refractivity contribution in [3.05, 3.63) is 18.0 Å². The van der Waals surface area contributed by atoms with Crippen LogP contribution in [-0.2, 0) is 15.8 Å². The lowest BCUT2D eigenvalue weighted by molar-refractivity contribution is 0.0853. The highest BCUT2D eigenvalue weighted by Gasteiger charge is 2.35. The minimum atomic E-state index is -3.30. The van der Waals surface area contributed by atoms with E-state index in [1.807, 2.05) is 0 Å². The number of piperazine rings is 1. The highest BCUT2D eigenvalue weighted by atomic mass is 32.2. The highest BCUT2D eigenvalue weighted by molar-refractivity contribution is 7.88. The van der Waals surface area contributed by atoms with Crippen LogP contribution in [0.1, 0.15) is 38.3 Å². The summed E-state index contributed by atoms with van der Waals surface area (Å²) < 4.78 is 31.2. The van der Waals surface area contributed by atoms with Crippen LogP contribution in [0.4, 0.5) is 0 Å². The number of sulfonamides is 1. The van der Waals surface area contributed by atoms with Crippen molar-refractivity contribution < 1.29 is 12.9 Å². The van der Waals surface area contributed by atoms with E-state index in [4.69, 9.17) is 4.52 Å². The topological polar surface area (TPSA) is 66.7 Å². The van der Waals surface area contributed by atoms with Gasteiger partial charge in [-0.1, -0.05) is 18.0 Å². The van der Waals surface area contributed by atoms with Gasteiger partial charge in [0, 0.05) is 37.8 Å². The van der Waals surface area contributed by atoms with Crippen LogP contribution in [0, 0.1) is 0 Å². The average molecular weight is 313 g/mol. The fourth-order valence-electron chi connectivity index (χ4n) is 3.56. The van der Waals surface area contributed by atoms with E-state index in [-0.39, 0.29) is 11.8 Å². The first-order chi connectivity index (χ1) is 10.1. The van der Waals surface area contributed by atoms with Gasteiger partial charge in [-0.25, -0.2) is 8.42 Å². The number of aromatic nitrogens is 1. The fraction of sp³-hybridized carbons (Fsp3) is 0.786. The summed E-state index contributed by atoms with van der Waals surface area (Å²) in [7, 11) is -3.30. The van der Waals surface area contributed by atoms with Crippen molar-refractivity contribution in [2.24, 2.45) is 0 Å². The number of hydrogen-bond donors (Lipinski definition) is 0. The van der Waals surface area contributed by atoms with E-state index in [0.29, 0.717) is 24.8 Å². The lowest BCUT2D eigenvalue weighted by Gasteiger charge is -2.42. The summed E-state index contributed by atoms with van der Waals surface area (Å²) in [5, 5.41) is 3.70. The van der Waals surface area contributed by atoms with Crippen LogP contribution in [0.3, 0.4) is 0 Å². The molecule has 0 spiro atoms. The summed E-state index contributed by atoms with van der Waals surface area (Å²) in [4.78, 5) is 2.50. The van der Waals surface area contributed by atoms with Crippen molar-refractivity contribution in [1.82, 2.24) is 14.4 Å². The van der Waals surface area contributed by atoms with Gasteiger partial charge in [-0.2, -0.15) is 4.31 Å². The molecule has 0 amide bonds. The van der Waals surface area contributed by atoms with Crippen molar-refractivity contribution in [2.45, 2.75) is 50.4 Å². The van der Waals surface area contributed by atoms with Gasteiger partial charge in [0.1, 0.15) is 12.0 Å². The molecule has 3 rings (SSSR count). The molecule has 2 fully saturated rings. The molecule has 1 aromatic rings. The summed E-state index contributed by atoms with van der Waals surface area (Å²) in [6.45, 7) is 4.14. The zero-order valence-electron chi connectivity index (χ0n) is 12.4. The van der Waals surface area contributed by atoms with E-state index in [1.165, 1.54) is 31.9 Å². The molecule has 2 aliphatic rings. The van der Waals surface area contributed by atoms with Crippen LogP contribution in [0.5, 0.6) is 0 Å². The van der Waals surface area contributed by atoms with Gasteiger partial charge in [-0.3, -0.25) is 4.90 Å². The molecule has 1 saturated heterocycles. The van der Waals surface area contributed by atoms with Crippen LogP contribution in [-0.4, -0.2) is 54.5 Å². The summed E-state index contributed by atoms with van der Waals surface area (Å²) in [6, 6.07) is 2.55. The molecule has 6 nitrogen and oxygen atoms in total. The first kappa shape index (κ1) is 15.0.